The number of likely N-dealkylation sites (N-methyl/N-ethyl adjacent to an activating group) is 1. The number of hydrogen-bond donors (Lipinski definition) is 1. The Morgan fingerprint density at radius 3 is 2.47 bits per heavy atom. The summed E-state index contributed by atoms with van der Waals surface area (Å²) in [5.74, 6) is -0.161. The largest absolute Gasteiger partial charge is 0.345 e. The van der Waals surface area contributed by atoms with Crippen molar-refractivity contribution >= 4 is 5.91 Å². The maximum absolute atomic E-state index is 12.1. The van der Waals surface area contributed by atoms with Gasteiger partial charge in [0.25, 0.3) is 6.43 Å². The zero-order chi connectivity index (χ0) is 11.8. The molecule has 0 saturated heterocycles. The second-order valence-electron chi connectivity index (χ2n) is 3.32. The number of rotatable bonds is 7. The Labute approximate surface area is 89.0 Å². The first kappa shape index (κ1) is 14.2. The molecule has 2 N–H and O–H groups in total. The third-order valence-corrected chi connectivity index (χ3v) is 2.10. The standard InChI is InChI=1S/C9H19F2N3O/c1-3-13(2)9(15)7-14(5-4-12)6-8(10)11/h8H,3-7,12H2,1-2H3. The van der Waals surface area contributed by atoms with Crippen LogP contribution in [0.1, 0.15) is 6.92 Å². The Morgan fingerprint density at radius 2 is 2.07 bits per heavy atom. The summed E-state index contributed by atoms with van der Waals surface area (Å²) in [6, 6.07) is 0. The molecule has 1 amide bonds. The number of carbonyl (C=O) groups excluding carboxylic acids is 1. The molecule has 90 valence electrons. The van der Waals surface area contributed by atoms with E-state index in [-0.39, 0.29) is 19.0 Å². The molecule has 0 radical (unpaired) electrons. The second kappa shape index (κ2) is 7.53. The highest BCUT2D eigenvalue weighted by molar-refractivity contribution is 5.77. The maximum Gasteiger partial charge on any atom is 0.251 e. The van der Waals surface area contributed by atoms with E-state index in [1.807, 2.05) is 6.92 Å². The van der Waals surface area contributed by atoms with Crippen molar-refractivity contribution in [1.82, 2.24) is 9.80 Å². The molecule has 6 heteroatoms. The zero-order valence-corrected chi connectivity index (χ0v) is 9.25. The highest BCUT2D eigenvalue weighted by Gasteiger charge is 2.16. The molecule has 0 saturated carbocycles. The van der Waals surface area contributed by atoms with Crippen molar-refractivity contribution in [2.45, 2.75) is 13.3 Å². The highest BCUT2D eigenvalue weighted by Crippen LogP contribution is 1.98. The molecule has 0 heterocycles. The number of alkyl halides is 2. The second-order valence-corrected chi connectivity index (χ2v) is 3.32. The van der Waals surface area contributed by atoms with E-state index in [1.54, 1.807) is 7.05 Å². The molecular weight excluding hydrogens is 204 g/mol. The van der Waals surface area contributed by atoms with Gasteiger partial charge >= 0.3 is 0 Å². The van der Waals surface area contributed by atoms with Gasteiger partial charge in [0, 0.05) is 26.7 Å². The van der Waals surface area contributed by atoms with Gasteiger partial charge in [-0.05, 0) is 6.92 Å². The molecule has 0 rings (SSSR count). The van der Waals surface area contributed by atoms with E-state index in [1.165, 1.54) is 9.80 Å². The van der Waals surface area contributed by atoms with E-state index in [0.717, 1.165) is 0 Å². The Balaban J connectivity index is 4.09. The van der Waals surface area contributed by atoms with Crippen LogP contribution in [-0.2, 0) is 4.79 Å². The fraction of sp³-hybridized carbons (Fsp3) is 0.889. The van der Waals surface area contributed by atoms with Gasteiger partial charge in [0.05, 0.1) is 13.1 Å². The smallest absolute Gasteiger partial charge is 0.251 e. The van der Waals surface area contributed by atoms with Gasteiger partial charge in [0.2, 0.25) is 5.91 Å². The van der Waals surface area contributed by atoms with Crippen molar-refractivity contribution < 1.29 is 13.6 Å². The lowest BCUT2D eigenvalue weighted by atomic mass is 10.4. The summed E-state index contributed by atoms with van der Waals surface area (Å²) in [6.45, 7) is 2.60. The Morgan fingerprint density at radius 1 is 1.47 bits per heavy atom. The van der Waals surface area contributed by atoms with Crippen LogP contribution in [0.15, 0.2) is 0 Å². The fourth-order valence-corrected chi connectivity index (χ4v) is 1.10. The van der Waals surface area contributed by atoms with E-state index in [2.05, 4.69) is 0 Å². The number of nitrogens with zero attached hydrogens (tertiary/aromatic N) is 2. The Kier molecular flexibility index (Phi) is 7.15. The molecule has 15 heavy (non-hydrogen) atoms. The number of nitrogens with two attached hydrogens (primary N) is 1. The summed E-state index contributed by atoms with van der Waals surface area (Å²) in [6.07, 6.45) is -2.43. The number of hydrogen-bond acceptors (Lipinski definition) is 3. The van der Waals surface area contributed by atoms with Gasteiger partial charge in [0.1, 0.15) is 0 Å². The predicted octanol–water partition coefficient (Wildman–Crippen LogP) is -0.00950. The van der Waals surface area contributed by atoms with E-state index < -0.39 is 13.0 Å². The number of carbonyl (C=O) groups is 1. The van der Waals surface area contributed by atoms with Gasteiger partial charge < -0.3 is 10.6 Å². The quantitative estimate of drug-likeness (QED) is 0.660. The van der Waals surface area contributed by atoms with Crippen molar-refractivity contribution in [2.75, 3.05) is 39.8 Å². The number of halogens is 2. The van der Waals surface area contributed by atoms with Gasteiger partial charge in [-0.25, -0.2) is 8.78 Å². The minimum absolute atomic E-state index is 0.00583. The molecule has 4 nitrogen and oxygen atoms in total. The van der Waals surface area contributed by atoms with Gasteiger partial charge in [-0.15, -0.1) is 0 Å². The van der Waals surface area contributed by atoms with Crippen LogP contribution in [0.4, 0.5) is 8.78 Å². The zero-order valence-electron chi connectivity index (χ0n) is 9.25. The van der Waals surface area contributed by atoms with Crippen molar-refractivity contribution in [3.63, 3.8) is 0 Å². The summed E-state index contributed by atoms with van der Waals surface area (Å²) in [5, 5.41) is 0. The van der Waals surface area contributed by atoms with Gasteiger partial charge in [-0.2, -0.15) is 0 Å². The lowest BCUT2D eigenvalue weighted by Crippen LogP contribution is -2.42. The molecule has 0 aliphatic heterocycles. The molecule has 0 aliphatic rings. The molecule has 0 unspecified atom stereocenters. The van der Waals surface area contributed by atoms with Crippen LogP contribution in [0.5, 0.6) is 0 Å². The van der Waals surface area contributed by atoms with Gasteiger partial charge in [-0.3, -0.25) is 9.69 Å². The summed E-state index contributed by atoms with van der Waals surface area (Å²) in [4.78, 5) is 14.3. The average Bonchev–Trinajstić information content (AvgIpc) is 2.15. The lowest BCUT2D eigenvalue weighted by molar-refractivity contribution is -0.131. The highest BCUT2D eigenvalue weighted by atomic mass is 19.3. The molecular formula is C9H19F2N3O. The van der Waals surface area contributed by atoms with Crippen LogP contribution in [0.3, 0.4) is 0 Å². The first-order valence-corrected chi connectivity index (χ1v) is 4.95. The van der Waals surface area contributed by atoms with Crippen LogP contribution in [0, 0.1) is 0 Å². The lowest BCUT2D eigenvalue weighted by Gasteiger charge is -2.23. The molecule has 0 bridgehead atoms. The SMILES string of the molecule is CCN(C)C(=O)CN(CCN)CC(F)F. The van der Waals surface area contributed by atoms with Crippen molar-refractivity contribution in [2.24, 2.45) is 5.73 Å². The predicted molar refractivity (Wildman–Crippen MR) is 54.8 cm³/mol. The van der Waals surface area contributed by atoms with Crippen LogP contribution in [0.2, 0.25) is 0 Å². The minimum Gasteiger partial charge on any atom is -0.345 e. The molecule has 0 aromatic carbocycles. The molecule has 0 fully saturated rings. The van der Waals surface area contributed by atoms with E-state index in [4.69, 9.17) is 5.73 Å². The van der Waals surface area contributed by atoms with E-state index >= 15 is 0 Å². The molecule has 0 spiro atoms. The maximum atomic E-state index is 12.1. The fourth-order valence-electron chi connectivity index (χ4n) is 1.10. The third kappa shape index (κ3) is 6.35. The topological polar surface area (TPSA) is 49.6 Å². The van der Waals surface area contributed by atoms with E-state index in [9.17, 15) is 13.6 Å². The summed E-state index contributed by atoms with van der Waals surface area (Å²) in [7, 11) is 1.64. The van der Waals surface area contributed by atoms with Crippen molar-refractivity contribution in [3.05, 3.63) is 0 Å². The van der Waals surface area contributed by atoms with Crippen molar-refractivity contribution in [3.8, 4) is 0 Å². The molecule has 0 aromatic rings. The van der Waals surface area contributed by atoms with Crippen molar-refractivity contribution in [1.29, 1.82) is 0 Å². The minimum atomic E-state index is -2.43. The van der Waals surface area contributed by atoms with Crippen LogP contribution in [0.25, 0.3) is 0 Å². The van der Waals surface area contributed by atoms with Crippen LogP contribution < -0.4 is 5.73 Å². The molecule has 0 aromatic heterocycles. The summed E-state index contributed by atoms with van der Waals surface area (Å²) < 4.78 is 24.3. The normalized spacial score (nSPS) is 11.1. The Bertz CT molecular complexity index is 190. The monoisotopic (exact) mass is 223 g/mol. The van der Waals surface area contributed by atoms with E-state index in [0.29, 0.717) is 13.1 Å². The van der Waals surface area contributed by atoms with Gasteiger partial charge in [0.15, 0.2) is 0 Å². The average molecular weight is 223 g/mol. The molecule has 0 atom stereocenters. The first-order valence-electron chi connectivity index (χ1n) is 4.95. The molecule has 0 aliphatic carbocycles. The van der Waals surface area contributed by atoms with Crippen LogP contribution >= 0.6 is 0 Å². The first-order chi connectivity index (χ1) is 7.01. The Hall–Kier alpha value is -0.750. The number of amides is 1. The van der Waals surface area contributed by atoms with Gasteiger partial charge in [-0.1, -0.05) is 0 Å². The van der Waals surface area contributed by atoms with Crippen LogP contribution in [-0.4, -0.2) is 61.9 Å². The summed E-state index contributed by atoms with van der Waals surface area (Å²) >= 11 is 0. The summed E-state index contributed by atoms with van der Waals surface area (Å²) in [5.41, 5.74) is 5.28. The third-order valence-electron chi connectivity index (χ3n) is 2.10.